The highest BCUT2D eigenvalue weighted by Gasteiger charge is 2.13. The zero-order chi connectivity index (χ0) is 18.3. The zero-order valence-corrected chi connectivity index (χ0v) is 14.7. The maximum Gasteiger partial charge on any atom is 0.266 e. The quantitative estimate of drug-likeness (QED) is 0.497. The van der Waals surface area contributed by atoms with Crippen LogP contribution in [0.25, 0.3) is 16.6 Å². The van der Waals surface area contributed by atoms with Gasteiger partial charge in [0.15, 0.2) is 5.82 Å². The summed E-state index contributed by atoms with van der Waals surface area (Å²) in [5.74, 6) is -0.640. The molecule has 8 heteroatoms. The van der Waals surface area contributed by atoms with E-state index in [1.54, 1.807) is 16.8 Å². The highest BCUT2D eigenvalue weighted by atomic mass is 35.5. The number of hydrogen-bond acceptors (Lipinski definition) is 3. The highest BCUT2D eigenvalue weighted by molar-refractivity contribution is 6.31. The van der Waals surface area contributed by atoms with E-state index in [-0.39, 0.29) is 10.8 Å². The standard InChI is InChI=1S/C18H11Cl2FN4O/c19-13-4-2-1-3-11(13)10-25-15-5-6-24(18(26)12(15)8-23-25)16-7-17(20)22-9-14(16)21/h1-9H,10H2. The van der Waals surface area contributed by atoms with Crippen molar-refractivity contribution in [2.45, 2.75) is 6.54 Å². The van der Waals surface area contributed by atoms with Gasteiger partial charge in [0, 0.05) is 17.3 Å². The number of benzene rings is 1. The summed E-state index contributed by atoms with van der Waals surface area (Å²) in [4.78, 5) is 16.4. The number of aromatic nitrogens is 4. The van der Waals surface area contributed by atoms with E-state index >= 15 is 0 Å². The molecule has 0 saturated carbocycles. The Bertz CT molecular complexity index is 1190. The van der Waals surface area contributed by atoms with E-state index < -0.39 is 11.4 Å². The number of hydrogen-bond donors (Lipinski definition) is 0. The minimum atomic E-state index is -0.640. The van der Waals surface area contributed by atoms with Gasteiger partial charge in [0.2, 0.25) is 0 Å². The van der Waals surface area contributed by atoms with Crippen LogP contribution in [0.5, 0.6) is 0 Å². The summed E-state index contributed by atoms with van der Waals surface area (Å²) in [5, 5.41) is 5.37. The van der Waals surface area contributed by atoms with Gasteiger partial charge >= 0.3 is 0 Å². The van der Waals surface area contributed by atoms with Gasteiger partial charge in [-0.25, -0.2) is 9.37 Å². The van der Waals surface area contributed by atoms with Crippen molar-refractivity contribution in [3.8, 4) is 5.69 Å². The molecule has 0 aliphatic carbocycles. The van der Waals surface area contributed by atoms with E-state index in [1.807, 2.05) is 18.2 Å². The Morgan fingerprint density at radius 2 is 1.92 bits per heavy atom. The summed E-state index contributed by atoms with van der Waals surface area (Å²) in [6.45, 7) is 0.419. The number of nitrogens with zero attached hydrogens (tertiary/aromatic N) is 4. The molecule has 0 spiro atoms. The fraction of sp³-hybridized carbons (Fsp3) is 0.0556. The molecular formula is C18H11Cl2FN4O. The van der Waals surface area contributed by atoms with Crippen LogP contribution in [0.4, 0.5) is 4.39 Å². The van der Waals surface area contributed by atoms with Gasteiger partial charge < -0.3 is 0 Å². The van der Waals surface area contributed by atoms with Gasteiger partial charge in [-0.15, -0.1) is 0 Å². The topological polar surface area (TPSA) is 52.7 Å². The largest absolute Gasteiger partial charge is 0.280 e. The maximum absolute atomic E-state index is 14.1. The maximum atomic E-state index is 14.1. The summed E-state index contributed by atoms with van der Waals surface area (Å²) < 4.78 is 16.9. The summed E-state index contributed by atoms with van der Waals surface area (Å²) >= 11 is 12.0. The van der Waals surface area contributed by atoms with Gasteiger partial charge in [0.25, 0.3) is 5.56 Å². The first-order valence-corrected chi connectivity index (χ1v) is 8.42. The second kappa shape index (κ2) is 6.55. The molecule has 3 heterocycles. The third-order valence-electron chi connectivity index (χ3n) is 4.05. The average Bonchev–Trinajstić information content (AvgIpc) is 3.03. The van der Waals surface area contributed by atoms with Crippen molar-refractivity contribution in [2.24, 2.45) is 0 Å². The molecule has 0 unspecified atom stereocenters. The molecule has 1 aromatic carbocycles. The summed E-state index contributed by atoms with van der Waals surface area (Å²) in [6, 6.07) is 10.4. The molecule has 0 atom stereocenters. The lowest BCUT2D eigenvalue weighted by atomic mass is 10.2. The normalized spacial score (nSPS) is 11.2. The fourth-order valence-corrected chi connectivity index (χ4v) is 3.12. The van der Waals surface area contributed by atoms with Crippen LogP contribution in [0.1, 0.15) is 5.56 Å². The minimum absolute atomic E-state index is 0.0377. The molecule has 0 N–H and O–H groups in total. The van der Waals surface area contributed by atoms with Crippen LogP contribution in [0.3, 0.4) is 0 Å². The van der Waals surface area contributed by atoms with Gasteiger partial charge in [-0.1, -0.05) is 41.4 Å². The Morgan fingerprint density at radius 3 is 2.73 bits per heavy atom. The molecule has 0 radical (unpaired) electrons. The first-order chi connectivity index (χ1) is 12.5. The van der Waals surface area contributed by atoms with Gasteiger partial charge in [-0.2, -0.15) is 5.10 Å². The molecule has 0 aliphatic heterocycles. The Kier molecular flexibility index (Phi) is 4.22. The summed E-state index contributed by atoms with van der Waals surface area (Å²) in [7, 11) is 0. The molecular weight excluding hydrogens is 378 g/mol. The van der Waals surface area contributed by atoms with Gasteiger partial charge in [0.1, 0.15) is 5.15 Å². The van der Waals surface area contributed by atoms with Crippen LogP contribution in [0.2, 0.25) is 10.2 Å². The number of pyridine rings is 2. The molecule has 0 amide bonds. The lowest BCUT2D eigenvalue weighted by Gasteiger charge is -2.09. The Hall–Kier alpha value is -2.70. The summed E-state index contributed by atoms with van der Waals surface area (Å²) in [5.41, 5.74) is 1.16. The first-order valence-electron chi connectivity index (χ1n) is 7.66. The van der Waals surface area contributed by atoms with Crippen molar-refractivity contribution < 1.29 is 4.39 Å². The molecule has 0 saturated heterocycles. The smallest absolute Gasteiger partial charge is 0.266 e. The van der Waals surface area contributed by atoms with Gasteiger partial charge in [0.05, 0.1) is 35.5 Å². The molecule has 3 aromatic heterocycles. The van der Waals surface area contributed by atoms with Gasteiger partial charge in [-0.3, -0.25) is 14.0 Å². The Labute approximate surface area is 157 Å². The average molecular weight is 389 g/mol. The van der Waals surface area contributed by atoms with Crippen molar-refractivity contribution >= 4 is 34.1 Å². The number of halogens is 3. The summed E-state index contributed by atoms with van der Waals surface area (Å²) in [6.07, 6.45) is 3.94. The SMILES string of the molecule is O=c1c2cnn(Cc3ccccc3Cl)c2ccn1-c1cc(Cl)ncc1F. The molecule has 0 bridgehead atoms. The van der Waals surface area contributed by atoms with E-state index in [9.17, 15) is 9.18 Å². The second-order valence-electron chi connectivity index (χ2n) is 5.64. The van der Waals surface area contributed by atoms with Crippen molar-refractivity contribution in [1.29, 1.82) is 0 Å². The van der Waals surface area contributed by atoms with Crippen LogP contribution in [0, 0.1) is 5.82 Å². The van der Waals surface area contributed by atoms with Crippen LogP contribution in [-0.4, -0.2) is 19.3 Å². The molecule has 0 fully saturated rings. The Morgan fingerprint density at radius 1 is 1.12 bits per heavy atom. The van der Waals surface area contributed by atoms with Crippen LogP contribution < -0.4 is 5.56 Å². The van der Waals surface area contributed by atoms with Crippen molar-refractivity contribution in [1.82, 2.24) is 19.3 Å². The molecule has 5 nitrogen and oxygen atoms in total. The molecule has 4 rings (SSSR count). The number of fused-ring (bicyclic) bond motifs is 1. The van der Waals surface area contributed by atoms with Crippen molar-refractivity contribution in [3.63, 3.8) is 0 Å². The monoisotopic (exact) mass is 388 g/mol. The second-order valence-corrected chi connectivity index (χ2v) is 6.44. The number of rotatable bonds is 3. The molecule has 4 aromatic rings. The lowest BCUT2D eigenvalue weighted by molar-refractivity contribution is 0.610. The van der Waals surface area contributed by atoms with Crippen molar-refractivity contribution in [2.75, 3.05) is 0 Å². The first kappa shape index (κ1) is 16.8. The third-order valence-corrected chi connectivity index (χ3v) is 4.63. The predicted molar refractivity (Wildman–Crippen MR) is 98.6 cm³/mol. The lowest BCUT2D eigenvalue weighted by Crippen LogP contribution is -2.18. The zero-order valence-electron chi connectivity index (χ0n) is 13.2. The minimum Gasteiger partial charge on any atom is -0.280 e. The van der Waals surface area contributed by atoms with E-state index in [0.29, 0.717) is 22.5 Å². The van der Waals surface area contributed by atoms with Crippen molar-refractivity contribution in [3.05, 3.63) is 86.9 Å². The van der Waals surface area contributed by atoms with Gasteiger partial charge in [-0.05, 0) is 17.7 Å². The van der Waals surface area contributed by atoms with Crippen LogP contribution >= 0.6 is 23.2 Å². The third kappa shape index (κ3) is 2.87. The highest BCUT2D eigenvalue weighted by Crippen LogP contribution is 2.20. The van der Waals surface area contributed by atoms with E-state index in [1.165, 1.54) is 23.0 Å². The molecule has 130 valence electrons. The van der Waals surface area contributed by atoms with Crippen LogP contribution in [0.15, 0.2) is 59.8 Å². The fourth-order valence-electron chi connectivity index (χ4n) is 2.77. The molecule has 0 aliphatic rings. The Balaban J connectivity index is 1.82. The van der Waals surface area contributed by atoms with E-state index in [4.69, 9.17) is 23.2 Å². The van der Waals surface area contributed by atoms with E-state index in [2.05, 4.69) is 10.1 Å². The predicted octanol–water partition coefficient (Wildman–Crippen LogP) is 4.08. The molecule has 26 heavy (non-hydrogen) atoms. The van der Waals surface area contributed by atoms with E-state index in [0.717, 1.165) is 11.8 Å². The van der Waals surface area contributed by atoms with Crippen LogP contribution in [-0.2, 0) is 6.54 Å².